The Hall–Kier alpha value is -2.83. The molecule has 12 heteroatoms. The zero-order valence-corrected chi connectivity index (χ0v) is 17.3. The van der Waals surface area contributed by atoms with Crippen molar-refractivity contribution in [3.05, 3.63) is 58.2 Å². The largest absolute Gasteiger partial charge is 0.503 e. The molecular formula is C17H18FN3O6S2. The molecule has 9 nitrogen and oxygen atoms in total. The summed E-state index contributed by atoms with van der Waals surface area (Å²) in [6, 6.07) is 5.25. The Morgan fingerprint density at radius 3 is 2.45 bits per heavy atom. The number of aromatic nitrogens is 1. The van der Waals surface area contributed by atoms with Crippen LogP contribution in [-0.4, -0.2) is 42.5 Å². The van der Waals surface area contributed by atoms with Gasteiger partial charge in [0.05, 0.1) is 30.4 Å². The van der Waals surface area contributed by atoms with E-state index in [0.717, 1.165) is 16.4 Å². The number of amides is 2. The molecule has 1 aromatic heterocycles. The van der Waals surface area contributed by atoms with Gasteiger partial charge in [-0.2, -0.15) is 0 Å². The van der Waals surface area contributed by atoms with E-state index in [2.05, 4.69) is 4.98 Å². The molecule has 0 aliphatic heterocycles. The number of aliphatic hydroxyl groups excluding tert-OH is 1. The highest BCUT2D eigenvalue weighted by Gasteiger charge is 2.25. The van der Waals surface area contributed by atoms with Crippen LogP contribution in [0, 0.1) is 19.7 Å². The van der Waals surface area contributed by atoms with Gasteiger partial charge in [-0.25, -0.2) is 27.6 Å². The van der Waals surface area contributed by atoms with E-state index >= 15 is 0 Å². The van der Waals surface area contributed by atoms with Crippen molar-refractivity contribution in [2.75, 3.05) is 7.11 Å². The third-order valence-corrected chi connectivity index (χ3v) is 6.54. The van der Waals surface area contributed by atoms with Gasteiger partial charge in [0.15, 0.2) is 9.97 Å². The summed E-state index contributed by atoms with van der Waals surface area (Å²) in [4.78, 5) is 33.1. The minimum absolute atomic E-state index is 0.0986. The quantitative estimate of drug-likeness (QED) is 0.379. The van der Waals surface area contributed by atoms with Crippen molar-refractivity contribution in [3.8, 4) is 0 Å². The van der Waals surface area contributed by atoms with Crippen LogP contribution < -0.4 is 4.72 Å². The third kappa shape index (κ3) is 5.82. The van der Waals surface area contributed by atoms with Gasteiger partial charge < -0.3 is 5.11 Å². The molecule has 0 aliphatic carbocycles. The Bertz CT molecular complexity index is 1050. The maximum absolute atomic E-state index is 13.0. The predicted octanol–water partition coefficient (Wildman–Crippen LogP) is 1.74. The minimum atomic E-state index is -4.26. The zero-order chi connectivity index (χ0) is 21.8. The first kappa shape index (κ1) is 22.5. The number of nitrogens with zero attached hydrogens (tertiary/aromatic N) is 2. The molecule has 29 heavy (non-hydrogen) atoms. The van der Waals surface area contributed by atoms with Gasteiger partial charge in [-0.1, -0.05) is 12.1 Å². The first-order valence-corrected chi connectivity index (χ1v) is 10.4. The van der Waals surface area contributed by atoms with Crippen molar-refractivity contribution in [2.45, 2.75) is 24.6 Å². The standard InChI is InChI=1S/C17H18FN3O6S2/c1-10-17(28-11(2)19-10)29(25,26)20-16(24)14(22)8-15(23)21(27-3)9-12-4-6-13(18)7-5-12/h4-8,22H,9H2,1-3H3,(H,20,24). The molecule has 0 atom stereocenters. The van der Waals surface area contributed by atoms with Gasteiger partial charge >= 0.3 is 0 Å². The molecule has 156 valence electrons. The lowest BCUT2D eigenvalue weighted by molar-refractivity contribution is -0.173. The summed E-state index contributed by atoms with van der Waals surface area (Å²) < 4.78 is 39.0. The maximum Gasteiger partial charge on any atom is 0.300 e. The average molecular weight is 443 g/mol. The number of thiazole rings is 1. The Balaban J connectivity index is 2.11. The summed E-state index contributed by atoms with van der Waals surface area (Å²) in [6.07, 6.45) is 0.517. The molecule has 2 aromatic rings. The second-order valence-electron chi connectivity index (χ2n) is 5.75. The number of benzene rings is 1. The van der Waals surface area contributed by atoms with Crippen LogP contribution in [0.15, 0.2) is 40.3 Å². The van der Waals surface area contributed by atoms with Crippen LogP contribution in [0.4, 0.5) is 4.39 Å². The van der Waals surface area contributed by atoms with E-state index in [1.807, 2.05) is 0 Å². The molecule has 1 aromatic carbocycles. The molecule has 0 saturated heterocycles. The smallest absolute Gasteiger partial charge is 0.300 e. The topological polar surface area (TPSA) is 126 Å². The van der Waals surface area contributed by atoms with Crippen LogP contribution in [0.25, 0.3) is 0 Å². The highest BCUT2D eigenvalue weighted by Crippen LogP contribution is 2.22. The summed E-state index contributed by atoms with van der Waals surface area (Å²) in [5.41, 5.74) is 0.731. The number of sulfonamides is 1. The number of hydrogen-bond acceptors (Lipinski definition) is 8. The number of carbonyl (C=O) groups excluding carboxylic acids is 2. The molecule has 2 N–H and O–H groups in total. The van der Waals surface area contributed by atoms with Gasteiger partial charge in [-0.15, -0.1) is 11.3 Å². The van der Waals surface area contributed by atoms with Gasteiger partial charge in [0.25, 0.3) is 21.8 Å². The number of aryl methyl sites for hydroxylation is 2. The second kappa shape index (κ2) is 9.11. The van der Waals surface area contributed by atoms with Gasteiger partial charge in [0.2, 0.25) is 0 Å². The first-order chi connectivity index (χ1) is 13.5. The number of hydrogen-bond donors (Lipinski definition) is 2. The highest BCUT2D eigenvalue weighted by atomic mass is 32.2. The Morgan fingerprint density at radius 1 is 1.31 bits per heavy atom. The summed E-state index contributed by atoms with van der Waals surface area (Å²) in [6.45, 7) is 2.97. The number of halogens is 1. The first-order valence-electron chi connectivity index (χ1n) is 8.05. The molecule has 0 bridgehead atoms. The Morgan fingerprint density at radius 2 is 1.93 bits per heavy atom. The van der Waals surface area contributed by atoms with Gasteiger partial charge in [-0.05, 0) is 31.5 Å². The van der Waals surface area contributed by atoms with E-state index in [1.165, 1.54) is 38.3 Å². The van der Waals surface area contributed by atoms with Crippen LogP contribution >= 0.6 is 11.3 Å². The normalized spacial score (nSPS) is 11.9. The average Bonchev–Trinajstić information content (AvgIpc) is 2.99. The molecule has 0 radical (unpaired) electrons. The molecular weight excluding hydrogens is 425 g/mol. The highest BCUT2D eigenvalue weighted by molar-refractivity contribution is 7.92. The summed E-state index contributed by atoms with van der Waals surface area (Å²) in [5, 5.41) is 11.1. The molecule has 2 amide bonds. The molecule has 0 spiro atoms. The van der Waals surface area contributed by atoms with Crippen molar-refractivity contribution >= 4 is 33.2 Å². The number of hydroxylamine groups is 2. The predicted molar refractivity (Wildman–Crippen MR) is 102 cm³/mol. The lowest BCUT2D eigenvalue weighted by Crippen LogP contribution is -2.33. The molecule has 0 fully saturated rings. The molecule has 0 unspecified atom stereocenters. The molecule has 1 heterocycles. The SMILES string of the molecule is CON(Cc1ccc(F)cc1)C(=O)C=C(O)C(=O)NS(=O)(=O)c1sc(C)nc1C. The number of aliphatic hydroxyl groups is 1. The lowest BCUT2D eigenvalue weighted by atomic mass is 10.2. The van der Waals surface area contributed by atoms with E-state index in [0.29, 0.717) is 16.6 Å². The second-order valence-corrected chi connectivity index (χ2v) is 8.83. The van der Waals surface area contributed by atoms with Gasteiger partial charge in [-0.3, -0.25) is 14.4 Å². The summed E-state index contributed by atoms with van der Waals surface area (Å²) in [7, 11) is -3.08. The van der Waals surface area contributed by atoms with Crippen LogP contribution in [0.1, 0.15) is 16.3 Å². The zero-order valence-electron chi connectivity index (χ0n) is 15.7. The van der Waals surface area contributed by atoms with Crippen LogP contribution in [0.5, 0.6) is 0 Å². The van der Waals surface area contributed by atoms with E-state index < -0.39 is 33.4 Å². The molecule has 0 aliphatic rings. The Labute approximate surface area is 170 Å². The van der Waals surface area contributed by atoms with E-state index in [-0.39, 0.29) is 16.4 Å². The van der Waals surface area contributed by atoms with Crippen molar-refractivity contribution in [1.82, 2.24) is 14.8 Å². The van der Waals surface area contributed by atoms with E-state index in [4.69, 9.17) is 4.84 Å². The lowest BCUT2D eigenvalue weighted by Gasteiger charge is -2.18. The Kier molecular flexibility index (Phi) is 7.06. The van der Waals surface area contributed by atoms with Crippen molar-refractivity contribution in [2.24, 2.45) is 0 Å². The van der Waals surface area contributed by atoms with E-state index in [9.17, 15) is 27.5 Å². The van der Waals surface area contributed by atoms with Gasteiger partial charge in [0.1, 0.15) is 5.82 Å². The van der Waals surface area contributed by atoms with Crippen LogP contribution in [-0.2, 0) is 31.0 Å². The fraction of sp³-hybridized carbons (Fsp3) is 0.235. The van der Waals surface area contributed by atoms with Crippen molar-refractivity contribution in [3.63, 3.8) is 0 Å². The summed E-state index contributed by atoms with van der Waals surface area (Å²) in [5.74, 6) is -3.89. The molecule has 0 saturated carbocycles. The number of rotatable bonds is 7. The monoisotopic (exact) mass is 443 g/mol. The van der Waals surface area contributed by atoms with Crippen molar-refractivity contribution < 1.29 is 32.3 Å². The number of carbonyl (C=O) groups is 2. The maximum atomic E-state index is 13.0. The van der Waals surface area contributed by atoms with Crippen LogP contribution in [0.2, 0.25) is 0 Å². The van der Waals surface area contributed by atoms with Crippen LogP contribution in [0.3, 0.4) is 0 Å². The van der Waals surface area contributed by atoms with Crippen molar-refractivity contribution in [1.29, 1.82) is 0 Å². The third-order valence-electron chi connectivity index (χ3n) is 3.53. The minimum Gasteiger partial charge on any atom is -0.503 e. The fourth-order valence-corrected chi connectivity index (χ4v) is 4.67. The number of nitrogens with one attached hydrogen (secondary N) is 1. The van der Waals surface area contributed by atoms with E-state index in [1.54, 1.807) is 11.6 Å². The summed E-state index contributed by atoms with van der Waals surface area (Å²) >= 11 is 0.863. The molecule has 2 rings (SSSR count). The fourth-order valence-electron chi connectivity index (χ4n) is 2.23. The van der Waals surface area contributed by atoms with Gasteiger partial charge in [0, 0.05) is 0 Å².